The molecule has 4 heteroatoms. The molecule has 1 fully saturated rings. The topological polar surface area (TPSA) is 29.5 Å². The number of ether oxygens (including phenoxy) is 1. The molecule has 21 heavy (non-hydrogen) atoms. The average Bonchev–Trinajstić information content (AvgIpc) is 3.00. The van der Waals surface area contributed by atoms with Crippen molar-refractivity contribution in [3.8, 4) is 0 Å². The number of carbonyl (C=O) groups excluding carboxylic acids is 1. The van der Waals surface area contributed by atoms with E-state index in [2.05, 4.69) is 4.90 Å². The molecule has 1 heterocycles. The fourth-order valence-corrected chi connectivity index (χ4v) is 3.35. The normalized spacial score (nSPS) is 18.4. The third kappa shape index (κ3) is 3.26. The molecule has 1 unspecified atom stereocenters. The van der Waals surface area contributed by atoms with Gasteiger partial charge in [-0.05, 0) is 45.3 Å². The van der Waals surface area contributed by atoms with Gasteiger partial charge >= 0.3 is 5.97 Å². The SMILES string of the molecule is CCOC(=O)CC(CC)(c1ccccc1F)N1CCCC1. The second kappa shape index (κ2) is 7.03. The Morgan fingerprint density at radius 1 is 1.29 bits per heavy atom. The van der Waals surface area contributed by atoms with Crippen molar-refractivity contribution >= 4 is 5.97 Å². The molecule has 0 saturated carbocycles. The summed E-state index contributed by atoms with van der Waals surface area (Å²) in [6.45, 7) is 5.98. The minimum absolute atomic E-state index is 0.207. The summed E-state index contributed by atoms with van der Waals surface area (Å²) in [6.07, 6.45) is 3.09. The van der Waals surface area contributed by atoms with Gasteiger partial charge in [-0.3, -0.25) is 9.69 Å². The highest BCUT2D eigenvalue weighted by molar-refractivity contribution is 5.71. The Labute approximate surface area is 126 Å². The zero-order chi connectivity index (χ0) is 15.3. The van der Waals surface area contributed by atoms with Crippen molar-refractivity contribution in [1.29, 1.82) is 0 Å². The van der Waals surface area contributed by atoms with Crippen molar-refractivity contribution in [2.24, 2.45) is 0 Å². The molecule has 2 rings (SSSR count). The molecule has 0 aromatic heterocycles. The Kier molecular flexibility index (Phi) is 5.34. The Balaban J connectivity index is 2.41. The molecule has 0 aliphatic carbocycles. The van der Waals surface area contributed by atoms with E-state index in [-0.39, 0.29) is 18.2 Å². The number of halogens is 1. The van der Waals surface area contributed by atoms with Crippen molar-refractivity contribution in [2.45, 2.75) is 45.1 Å². The quantitative estimate of drug-likeness (QED) is 0.752. The molecule has 0 spiro atoms. The van der Waals surface area contributed by atoms with Gasteiger partial charge in [0.25, 0.3) is 0 Å². The van der Waals surface area contributed by atoms with Crippen LogP contribution in [0.1, 0.15) is 45.1 Å². The molecule has 0 N–H and O–H groups in total. The van der Waals surface area contributed by atoms with Crippen LogP contribution < -0.4 is 0 Å². The van der Waals surface area contributed by atoms with E-state index in [1.165, 1.54) is 6.07 Å². The number of carbonyl (C=O) groups is 1. The number of hydrogen-bond acceptors (Lipinski definition) is 3. The molecule has 3 nitrogen and oxygen atoms in total. The molecule has 1 aromatic rings. The molecule has 0 amide bonds. The van der Waals surface area contributed by atoms with Gasteiger partial charge in [-0.15, -0.1) is 0 Å². The second-order valence-corrected chi connectivity index (χ2v) is 5.54. The van der Waals surface area contributed by atoms with Gasteiger partial charge in [0.15, 0.2) is 0 Å². The first-order valence-corrected chi connectivity index (χ1v) is 7.79. The third-order valence-electron chi connectivity index (χ3n) is 4.41. The van der Waals surface area contributed by atoms with Gasteiger partial charge in [0, 0.05) is 5.56 Å². The fourth-order valence-electron chi connectivity index (χ4n) is 3.35. The van der Waals surface area contributed by atoms with Crippen LogP contribution in [0, 0.1) is 5.82 Å². The summed E-state index contributed by atoms with van der Waals surface area (Å²) in [4.78, 5) is 14.3. The average molecular weight is 293 g/mol. The van der Waals surface area contributed by atoms with Crippen LogP contribution in [0.15, 0.2) is 24.3 Å². The largest absolute Gasteiger partial charge is 0.466 e. The number of likely N-dealkylation sites (tertiary alicyclic amines) is 1. The smallest absolute Gasteiger partial charge is 0.308 e. The summed E-state index contributed by atoms with van der Waals surface area (Å²) in [5.41, 5.74) is 0.0242. The van der Waals surface area contributed by atoms with Gasteiger partial charge in [0.1, 0.15) is 5.82 Å². The summed E-state index contributed by atoms with van der Waals surface area (Å²) in [5, 5.41) is 0. The molecule has 116 valence electrons. The van der Waals surface area contributed by atoms with Gasteiger partial charge in [-0.1, -0.05) is 25.1 Å². The lowest BCUT2D eigenvalue weighted by Gasteiger charge is -2.41. The molecule has 1 saturated heterocycles. The van der Waals surface area contributed by atoms with E-state index in [1.807, 2.05) is 13.0 Å². The van der Waals surface area contributed by atoms with E-state index in [0.717, 1.165) is 25.9 Å². The summed E-state index contributed by atoms with van der Waals surface area (Å²) in [6, 6.07) is 6.80. The van der Waals surface area contributed by atoms with Crippen molar-refractivity contribution in [3.63, 3.8) is 0 Å². The Morgan fingerprint density at radius 3 is 2.52 bits per heavy atom. The summed E-state index contributed by atoms with van der Waals surface area (Å²) < 4.78 is 19.5. The molecular formula is C17H24FNO2. The molecule has 1 atom stereocenters. The van der Waals surface area contributed by atoms with Crippen LogP contribution in [0.2, 0.25) is 0 Å². The number of esters is 1. The van der Waals surface area contributed by atoms with Crippen LogP contribution in [0.5, 0.6) is 0 Å². The zero-order valence-corrected chi connectivity index (χ0v) is 12.9. The maximum atomic E-state index is 14.4. The van der Waals surface area contributed by atoms with Crippen LogP contribution in [0.4, 0.5) is 4.39 Å². The van der Waals surface area contributed by atoms with Crippen molar-refractivity contribution in [3.05, 3.63) is 35.6 Å². The summed E-state index contributed by atoms with van der Waals surface area (Å²) >= 11 is 0. The minimum atomic E-state index is -0.589. The van der Waals surface area contributed by atoms with Crippen LogP contribution in [0.3, 0.4) is 0 Å². The molecular weight excluding hydrogens is 269 g/mol. The zero-order valence-electron chi connectivity index (χ0n) is 12.9. The molecule has 1 aromatic carbocycles. The first kappa shape index (κ1) is 16.0. The Morgan fingerprint density at radius 2 is 1.95 bits per heavy atom. The standard InChI is InChI=1S/C17H24FNO2/c1-3-17(13-16(20)21-4-2,19-11-7-8-12-19)14-9-5-6-10-15(14)18/h5-6,9-10H,3-4,7-8,11-13H2,1-2H3. The summed E-state index contributed by atoms with van der Waals surface area (Å²) in [7, 11) is 0. The van der Waals surface area contributed by atoms with E-state index in [1.54, 1.807) is 19.1 Å². The monoisotopic (exact) mass is 293 g/mol. The number of rotatable bonds is 6. The van der Waals surface area contributed by atoms with E-state index < -0.39 is 5.54 Å². The lowest BCUT2D eigenvalue weighted by molar-refractivity contribution is -0.147. The van der Waals surface area contributed by atoms with Crippen molar-refractivity contribution in [1.82, 2.24) is 4.90 Å². The van der Waals surface area contributed by atoms with E-state index in [9.17, 15) is 9.18 Å². The minimum Gasteiger partial charge on any atom is -0.466 e. The van der Waals surface area contributed by atoms with E-state index in [4.69, 9.17) is 4.74 Å². The van der Waals surface area contributed by atoms with Crippen LogP contribution in [-0.2, 0) is 15.1 Å². The molecule has 0 radical (unpaired) electrons. The van der Waals surface area contributed by atoms with E-state index >= 15 is 0 Å². The predicted octanol–water partition coefficient (Wildman–Crippen LogP) is 3.48. The van der Waals surface area contributed by atoms with Crippen LogP contribution >= 0.6 is 0 Å². The molecule has 0 bridgehead atoms. The van der Waals surface area contributed by atoms with Gasteiger partial charge in [-0.2, -0.15) is 0 Å². The molecule has 1 aliphatic heterocycles. The number of nitrogens with zero attached hydrogens (tertiary/aromatic N) is 1. The van der Waals surface area contributed by atoms with Crippen LogP contribution in [-0.4, -0.2) is 30.6 Å². The first-order chi connectivity index (χ1) is 10.1. The fraction of sp³-hybridized carbons (Fsp3) is 0.588. The van der Waals surface area contributed by atoms with E-state index in [0.29, 0.717) is 18.6 Å². The molecule has 1 aliphatic rings. The van der Waals surface area contributed by atoms with Gasteiger partial charge in [-0.25, -0.2) is 4.39 Å². The highest BCUT2D eigenvalue weighted by Gasteiger charge is 2.42. The van der Waals surface area contributed by atoms with Crippen molar-refractivity contribution < 1.29 is 13.9 Å². The van der Waals surface area contributed by atoms with Gasteiger partial charge in [0.05, 0.1) is 18.6 Å². The number of benzene rings is 1. The highest BCUT2D eigenvalue weighted by Crippen LogP contribution is 2.39. The maximum absolute atomic E-state index is 14.4. The lowest BCUT2D eigenvalue weighted by atomic mass is 9.82. The predicted molar refractivity (Wildman–Crippen MR) is 80.4 cm³/mol. The Bertz CT molecular complexity index is 485. The lowest BCUT2D eigenvalue weighted by Crippen LogP contribution is -2.46. The third-order valence-corrected chi connectivity index (χ3v) is 4.41. The van der Waals surface area contributed by atoms with Gasteiger partial charge < -0.3 is 4.74 Å². The second-order valence-electron chi connectivity index (χ2n) is 5.54. The Hall–Kier alpha value is -1.42. The first-order valence-electron chi connectivity index (χ1n) is 7.79. The van der Waals surface area contributed by atoms with Crippen molar-refractivity contribution in [2.75, 3.05) is 19.7 Å². The maximum Gasteiger partial charge on any atom is 0.308 e. The van der Waals surface area contributed by atoms with Crippen LogP contribution in [0.25, 0.3) is 0 Å². The summed E-state index contributed by atoms with van der Waals surface area (Å²) in [5.74, 6) is -0.495. The highest BCUT2D eigenvalue weighted by atomic mass is 19.1. The number of hydrogen-bond donors (Lipinski definition) is 0. The van der Waals surface area contributed by atoms with Gasteiger partial charge in [0.2, 0.25) is 0 Å².